The number of rotatable bonds is 15. The molecule has 4 aromatic carbocycles. The fourth-order valence-corrected chi connectivity index (χ4v) is 12.8. The Kier molecular flexibility index (Phi) is 17.1. The van der Waals surface area contributed by atoms with E-state index in [1.54, 1.807) is 12.4 Å². The van der Waals surface area contributed by atoms with Crippen molar-refractivity contribution in [1.82, 2.24) is 65.4 Å². The molecule has 0 amide bonds. The minimum atomic E-state index is 0.651. The molecule has 6 aromatic heterocycles. The summed E-state index contributed by atoms with van der Waals surface area (Å²) < 4.78 is 5.81. The number of benzene rings is 4. The van der Waals surface area contributed by atoms with Gasteiger partial charge in [0, 0.05) is 212 Å². The topological polar surface area (TPSA) is 205 Å². The van der Waals surface area contributed by atoms with Crippen LogP contribution in [-0.2, 0) is 4.74 Å². The second kappa shape index (κ2) is 26.9. The zero-order chi connectivity index (χ0) is 62.5. The molecule has 0 aliphatic carbocycles. The van der Waals surface area contributed by atoms with Crippen molar-refractivity contribution < 1.29 is 4.74 Å². The van der Waals surface area contributed by atoms with E-state index in [0.717, 1.165) is 226 Å². The van der Waals surface area contributed by atoms with E-state index in [9.17, 15) is 0 Å². The van der Waals surface area contributed by atoms with Crippen LogP contribution in [0.4, 0.5) is 58.0 Å². The molecule has 93 heavy (non-hydrogen) atoms. The van der Waals surface area contributed by atoms with Gasteiger partial charge >= 0.3 is 0 Å². The first-order valence-electron chi connectivity index (χ1n) is 32.0. The van der Waals surface area contributed by atoms with Crippen molar-refractivity contribution in [2.45, 2.75) is 0 Å². The summed E-state index contributed by atoms with van der Waals surface area (Å²) in [5.41, 5.74) is 13.2. The van der Waals surface area contributed by atoms with Crippen LogP contribution in [0, 0.1) is 0 Å². The van der Waals surface area contributed by atoms with Crippen molar-refractivity contribution in [3.8, 4) is 56.0 Å². The molecule has 0 spiro atoms. The van der Waals surface area contributed by atoms with Crippen molar-refractivity contribution in [3.63, 3.8) is 0 Å². The molecular formula is C69H71ClN22O. The predicted molar refractivity (Wildman–Crippen MR) is 367 cm³/mol. The molecule has 11 heterocycles. The van der Waals surface area contributed by atoms with Crippen molar-refractivity contribution in [2.24, 2.45) is 0 Å². The number of hydrogen-bond donors (Lipinski definition) is 1. The van der Waals surface area contributed by atoms with E-state index in [-0.39, 0.29) is 0 Å². The van der Waals surface area contributed by atoms with Gasteiger partial charge in [0.25, 0.3) is 0 Å². The summed E-state index contributed by atoms with van der Waals surface area (Å²) in [5, 5.41) is 33.4. The van der Waals surface area contributed by atoms with Crippen molar-refractivity contribution in [1.29, 1.82) is 0 Å². The minimum Gasteiger partial charge on any atom is -0.378 e. The largest absolute Gasteiger partial charge is 0.378 e. The zero-order valence-electron chi connectivity index (χ0n) is 51.9. The molecule has 0 unspecified atom stereocenters. The van der Waals surface area contributed by atoms with Gasteiger partial charge < -0.3 is 54.2 Å². The molecule has 24 heteroatoms. The van der Waals surface area contributed by atoms with E-state index in [1.807, 2.05) is 67.3 Å². The number of likely N-dealkylation sites (N-methyl/N-ethyl adjacent to an activating group) is 1. The number of nitrogens with zero attached hydrogens (tertiary/aromatic N) is 21. The lowest BCUT2D eigenvalue weighted by Crippen LogP contribution is -2.48. The molecule has 5 aliphatic heterocycles. The Hall–Kier alpha value is -10.2. The minimum absolute atomic E-state index is 0.651. The fraction of sp³-hybridized carbons (Fsp3) is 0.304. The van der Waals surface area contributed by atoms with Gasteiger partial charge in [0.05, 0.1) is 30.3 Å². The van der Waals surface area contributed by atoms with E-state index in [1.165, 1.54) is 0 Å². The van der Waals surface area contributed by atoms with Gasteiger partial charge in [0.15, 0.2) is 17.5 Å². The Morgan fingerprint density at radius 2 is 0.774 bits per heavy atom. The lowest BCUT2D eigenvalue weighted by Gasteiger charge is -2.37. The summed E-state index contributed by atoms with van der Waals surface area (Å²) in [5.74, 6) is 4.69. The molecule has 15 rings (SSSR count). The third kappa shape index (κ3) is 13.2. The Labute approximate surface area is 545 Å². The van der Waals surface area contributed by atoms with Crippen LogP contribution in [-0.4, -0.2) is 203 Å². The second-order valence-corrected chi connectivity index (χ2v) is 24.3. The summed E-state index contributed by atoms with van der Waals surface area (Å²) in [6.07, 6.45) is 11.2. The first-order valence-corrected chi connectivity index (χ1v) is 32.3. The molecule has 0 bridgehead atoms. The van der Waals surface area contributed by atoms with E-state index < -0.39 is 0 Å². The van der Waals surface area contributed by atoms with Crippen LogP contribution in [0.25, 0.3) is 56.0 Å². The summed E-state index contributed by atoms with van der Waals surface area (Å²) in [6.45, 7) is 15.9. The van der Waals surface area contributed by atoms with Crippen molar-refractivity contribution >= 4 is 69.6 Å². The van der Waals surface area contributed by atoms with Crippen LogP contribution in [0.15, 0.2) is 165 Å². The number of morpholine rings is 1. The van der Waals surface area contributed by atoms with E-state index in [4.69, 9.17) is 66.9 Å². The van der Waals surface area contributed by atoms with Gasteiger partial charge in [-0.3, -0.25) is 0 Å². The second-order valence-electron chi connectivity index (χ2n) is 23.9. The van der Waals surface area contributed by atoms with Crippen LogP contribution in [0.2, 0.25) is 5.02 Å². The summed E-state index contributed by atoms with van der Waals surface area (Å²) in [4.78, 5) is 49.3. The highest BCUT2D eigenvalue weighted by atomic mass is 35.5. The number of hydrogen-bond acceptors (Lipinski definition) is 23. The number of nitrogens with one attached hydrogen (secondary N) is 1. The smallest absolute Gasteiger partial charge is 0.225 e. The number of halogens is 1. The first kappa shape index (κ1) is 59.1. The molecule has 0 saturated carbocycles. The molecule has 5 fully saturated rings. The van der Waals surface area contributed by atoms with Gasteiger partial charge in [-0.2, -0.15) is 0 Å². The highest BCUT2D eigenvalue weighted by molar-refractivity contribution is 6.30. The van der Waals surface area contributed by atoms with Crippen LogP contribution in [0.3, 0.4) is 0 Å². The molecular weight excluding hydrogens is 1190 g/mol. The maximum absolute atomic E-state index is 6.29. The lowest BCUT2D eigenvalue weighted by atomic mass is 10.0. The average molecular weight is 1260 g/mol. The maximum atomic E-state index is 6.29. The normalized spacial score (nSPS) is 16.7. The van der Waals surface area contributed by atoms with Crippen molar-refractivity contribution in [3.05, 3.63) is 170 Å². The van der Waals surface area contributed by atoms with Gasteiger partial charge in [-0.25, -0.2) is 29.9 Å². The van der Waals surface area contributed by atoms with Gasteiger partial charge in [-0.05, 0) is 54.6 Å². The average Bonchev–Trinajstić information content (AvgIpc) is 1.53. The number of anilines is 10. The first-order chi connectivity index (χ1) is 45.8. The fourth-order valence-electron chi connectivity index (χ4n) is 12.7. The van der Waals surface area contributed by atoms with Crippen LogP contribution < -0.4 is 44.5 Å². The summed E-state index contributed by atoms with van der Waals surface area (Å²) in [7, 11) is 2.19. The number of ether oxygens (including phenoxy) is 1. The Balaban J connectivity index is 0.582. The third-order valence-corrected chi connectivity index (χ3v) is 18.4. The Morgan fingerprint density at radius 1 is 0.344 bits per heavy atom. The predicted octanol–water partition coefficient (Wildman–Crippen LogP) is 8.73. The molecule has 5 saturated heterocycles. The molecule has 0 atom stereocenters. The van der Waals surface area contributed by atoms with E-state index in [2.05, 4.69) is 151 Å². The molecule has 1 N–H and O–H groups in total. The Bertz CT molecular complexity index is 4140. The molecule has 10 aromatic rings. The van der Waals surface area contributed by atoms with Gasteiger partial charge in [-0.15, -0.1) is 30.6 Å². The molecule has 5 aliphatic rings. The molecule has 23 nitrogen and oxygen atoms in total. The van der Waals surface area contributed by atoms with Crippen LogP contribution in [0.5, 0.6) is 0 Å². The lowest BCUT2D eigenvalue weighted by molar-refractivity contribution is 0.122. The van der Waals surface area contributed by atoms with Crippen LogP contribution >= 0.6 is 11.6 Å². The third-order valence-electron chi connectivity index (χ3n) is 18.1. The SMILES string of the molecule is CN1CCN(c2cc(N3CCN(c4ncc(-c5ccc(-c6nnc(N7CCN(c8ncc(-c9cccc(-c%10nnc(N%11CCN(c%12ncccn%12)CC%11)cc%10Nc%10ccc(Cl)cc%10)c9)cn8)CC7)cc6N6CCOCC6)cc5)cn4)CC3)nnc2-c2ccccc2)CC1. The zero-order valence-corrected chi connectivity index (χ0v) is 52.7. The van der Waals surface area contributed by atoms with E-state index in [0.29, 0.717) is 24.2 Å². The maximum Gasteiger partial charge on any atom is 0.225 e. The highest BCUT2D eigenvalue weighted by Gasteiger charge is 2.28. The summed E-state index contributed by atoms with van der Waals surface area (Å²) >= 11 is 6.29. The Morgan fingerprint density at radius 3 is 1.32 bits per heavy atom. The van der Waals surface area contributed by atoms with Gasteiger partial charge in [0.1, 0.15) is 17.1 Å². The quantitative estimate of drug-likeness (QED) is 0.102. The standard InChI is InChI=1S/C69H71ClN22O/c1-84-21-23-85(24-22-84)59-43-62(79-82-65(59)50-7-3-2-4-8-50)88-27-33-91(34-28-88)68-73-45-54(46-74-68)49-11-13-51(14-12-49)66-60(86-37-39-93-40-38-86)44-63(80-83-66)89-29-35-92(36-30-89)69-75-47-55(48-76-69)52-9-5-10-53(41-52)64-58(77-57-17-15-56(70)16-18-57)42-61(78-81-64)87-25-31-90(32-26-87)67-71-19-6-20-72-67/h2-20,41-48H,21-40H2,1H3,(H,77,78). The van der Waals surface area contributed by atoms with E-state index >= 15 is 0 Å². The van der Waals surface area contributed by atoms with Crippen LogP contribution in [0.1, 0.15) is 0 Å². The summed E-state index contributed by atoms with van der Waals surface area (Å²) in [6, 6.07) is 43.2. The van der Waals surface area contributed by atoms with Gasteiger partial charge in [0.2, 0.25) is 17.8 Å². The monoisotopic (exact) mass is 1260 g/mol. The number of piperazine rings is 4. The number of aromatic nitrogens is 12. The molecule has 470 valence electrons. The highest BCUT2D eigenvalue weighted by Crippen LogP contribution is 2.38. The van der Waals surface area contributed by atoms with Crippen molar-refractivity contribution in [2.75, 3.05) is 183 Å². The molecule has 0 radical (unpaired) electrons. The van der Waals surface area contributed by atoms with Gasteiger partial charge in [-0.1, -0.05) is 84.4 Å².